The summed E-state index contributed by atoms with van der Waals surface area (Å²) < 4.78 is 1.92. The van der Waals surface area contributed by atoms with Gasteiger partial charge < -0.3 is 0 Å². The Bertz CT molecular complexity index is 303. The minimum Gasteiger partial charge on any atom is -0.300 e. The van der Waals surface area contributed by atoms with Gasteiger partial charge in [-0.15, -0.1) is 0 Å². The van der Waals surface area contributed by atoms with Crippen molar-refractivity contribution in [1.29, 1.82) is 0 Å². The maximum atomic E-state index is 11.0. The van der Waals surface area contributed by atoms with E-state index in [0.717, 1.165) is 18.4 Å². The topological polar surface area (TPSA) is 34.9 Å². The van der Waals surface area contributed by atoms with E-state index in [4.69, 9.17) is 0 Å². The second-order valence-corrected chi connectivity index (χ2v) is 3.43. The number of carbonyl (C=O) groups is 1. The predicted octanol–water partition coefficient (Wildman–Crippen LogP) is 1.49. The zero-order valence-electron chi connectivity index (χ0n) is 7.16. The molecular formula is C9H12N2O. The van der Waals surface area contributed by atoms with Gasteiger partial charge in [-0.2, -0.15) is 5.10 Å². The first-order valence-electron chi connectivity index (χ1n) is 4.28. The van der Waals surface area contributed by atoms with Gasteiger partial charge in [0.25, 0.3) is 0 Å². The molecule has 1 aromatic heterocycles. The third-order valence-corrected chi connectivity index (χ3v) is 2.32. The first-order chi connectivity index (χ1) is 5.75. The van der Waals surface area contributed by atoms with Crippen molar-refractivity contribution in [2.75, 3.05) is 0 Å². The third kappa shape index (κ3) is 1.26. The van der Waals surface area contributed by atoms with Crippen molar-refractivity contribution in [3.05, 3.63) is 18.0 Å². The van der Waals surface area contributed by atoms with Crippen molar-refractivity contribution in [3.63, 3.8) is 0 Å². The van der Waals surface area contributed by atoms with Crippen molar-refractivity contribution in [1.82, 2.24) is 9.78 Å². The lowest BCUT2D eigenvalue weighted by Crippen LogP contribution is -2.05. The fourth-order valence-corrected chi connectivity index (χ4v) is 1.65. The minimum absolute atomic E-state index is 0.325. The molecule has 1 atom stereocenters. The number of aryl methyl sites for hydroxylation is 1. The Hall–Kier alpha value is -1.12. The van der Waals surface area contributed by atoms with Crippen LogP contribution in [0.15, 0.2) is 12.4 Å². The summed E-state index contributed by atoms with van der Waals surface area (Å²) in [6.07, 6.45) is 6.19. The Morgan fingerprint density at radius 2 is 2.50 bits per heavy atom. The number of hydrogen-bond acceptors (Lipinski definition) is 2. The zero-order valence-corrected chi connectivity index (χ0v) is 7.16. The molecule has 0 bridgehead atoms. The Morgan fingerprint density at radius 3 is 3.00 bits per heavy atom. The summed E-state index contributed by atoms with van der Waals surface area (Å²) in [4.78, 5) is 11.0. The number of rotatable bonds is 1. The molecule has 3 heteroatoms. The van der Waals surface area contributed by atoms with Crippen LogP contribution in [0.3, 0.4) is 0 Å². The third-order valence-electron chi connectivity index (χ3n) is 2.32. The standard InChI is InChI=1S/C9H12N2O/c1-7-5-10-11(6-7)8-2-3-9(12)4-8/h5-6,8H,2-4H2,1H3. The van der Waals surface area contributed by atoms with Crippen LogP contribution >= 0.6 is 0 Å². The maximum Gasteiger partial charge on any atom is 0.135 e. The molecule has 1 heterocycles. The summed E-state index contributed by atoms with van der Waals surface area (Å²) in [5, 5.41) is 4.20. The summed E-state index contributed by atoms with van der Waals surface area (Å²) >= 11 is 0. The molecule has 1 unspecified atom stereocenters. The molecule has 1 aromatic rings. The van der Waals surface area contributed by atoms with E-state index in [1.807, 2.05) is 24.0 Å². The lowest BCUT2D eigenvalue weighted by molar-refractivity contribution is -0.117. The lowest BCUT2D eigenvalue weighted by atomic mass is 10.2. The van der Waals surface area contributed by atoms with Crippen LogP contribution in [0.1, 0.15) is 30.9 Å². The fraction of sp³-hybridized carbons (Fsp3) is 0.556. The molecular weight excluding hydrogens is 152 g/mol. The highest BCUT2D eigenvalue weighted by molar-refractivity contribution is 5.80. The summed E-state index contributed by atoms with van der Waals surface area (Å²) in [7, 11) is 0. The van der Waals surface area contributed by atoms with Gasteiger partial charge in [-0.1, -0.05) is 0 Å². The number of Topliss-reactive ketones (excluding diaryl/α,β-unsaturated/α-hetero) is 1. The van der Waals surface area contributed by atoms with Gasteiger partial charge in [0.1, 0.15) is 5.78 Å². The average molecular weight is 164 g/mol. The van der Waals surface area contributed by atoms with Crippen molar-refractivity contribution >= 4 is 5.78 Å². The van der Waals surface area contributed by atoms with Crippen LogP contribution in [0, 0.1) is 6.92 Å². The molecule has 0 N–H and O–H groups in total. The highest BCUT2D eigenvalue weighted by Crippen LogP contribution is 2.26. The molecule has 1 aliphatic carbocycles. The van der Waals surface area contributed by atoms with Gasteiger partial charge in [0.05, 0.1) is 12.2 Å². The van der Waals surface area contributed by atoms with Gasteiger partial charge in [-0.25, -0.2) is 0 Å². The molecule has 0 spiro atoms. The lowest BCUT2D eigenvalue weighted by Gasteiger charge is -2.07. The number of ketones is 1. The minimum atomic E-state index is 0.325. The summed E-state index contributed by atoms with van der Waals surface area (Å²) in [5.41, 5.74) is 1.16. The summed E-state index contributed by atoms with van der Waals surface area (Å²) in [6, 6.07) is 0.325. The van der Waals surface area contributed by atoms with Gasteiger partial charge in [-0.3, -0.25) is 9.48 Å². The smallest absolute Gasteiger partial charge is 0.135 e. The van der Waals surface area contributed by atoms with E-state index in [1.165, 1.54) is 0 Å². The van der Waals surface area contributed by atoms with Crippen LogP contribution in [0.4, 0.5) is 0 Å². The van der Waals surface area contributed by atoms with Crippen molar-refractivity contribution < 1.29 is 4.79 Å². The molecule has 1 fully saturated rings. The molecule has 0 radical (unpaired) electrons. The van der Waals surface area contributed by atoms with E-state index in [9.17, 15) is 4.79 Å². The normalized spacial score (nSPS) is 23.4. The second kappa shape index (κ2) is 2.73. The van der Waals surface area contributed by atoms with Gasteiger partial charge in [0, 0.05) is 19.0 Å². The van der Waals surface area contributed by atoms with E-state index in [2.05, 4.69) is 5.10 Å². The van der Waals surface area contributed by atoms with Crippen LogP contribution in [-0.2, 0) is 4.79 Å². The number of aromatic nitrogens is 2. The van der Waals surface area contributed by atoms with Crippen molar-refractivity contribution in [2.24, 2.45) is 0 Å². The molecule has 0 aromatic carbocycles. The molecule has 0 amide bonds. The molecule has 0 aliphatic heterocycles. The average Bonchev–Trinajstić information content (AvgIpc) is 2.58. The Kier molecular flexibility index (Phi) is 1.71. The highest BCUT2D eigenvalue weighted by atomic mass is 16.1. The highest BCUT2D eigenvalue weighted by Gasteiger charge is 2.23. The molecule has 64 valence electrons. The number of hydrogen-bond donors (Lipinski definition) is 0. The quantitative estimate of drug-likeness (QED) is 0.630. The van der Waals surface area contributed by atoms with E-state index < -0.39 is 0 Å². The molecule has 1 aliphatic rings. The van der Waals surface area contributed by atoms with E-state index >= 15 is 0 Å². The van der Waals surface area contributed by atoms with Gasteiger partial charge in [0.15, 0.2) is 0 Å². The molecule has 3 nitrogen and oxygen atoms in total. The fourth-order valence-electron chi connectivity index (χ4n) is 1.65. The Morgan fingerprint density at radius 1 is 1.67 bits per heavy atom. The molecule has 12 heavy (non-hydrogen) atoms. The number of nitrogens with zero attached hydrogens (tertiary/aromatic N) is 2. The van der Waals surface area contributed by atoms with E-state index in [1.54, 1.807) is 0 Å². The van der Waals surface area contributed by atoms with Crippen LogP contribution < -0.4 is 0 Å². The van der Waals surface area contributed by atoms with Crippen molar-refractivity contribution in [3.8, 4) is 0 Å². The van der Waals surface area contributed by atoms with Crippen molar-refractivity contribution in [2.45, 2.75) is 32.2 Å². The van der Waals surface area contributed by atoms with E-state index in [-0.39, 0.29) is 0 Å². The monoisotopic (exact) mass is 164 g/mol. The van der Waals surface area contributed by atoms with Crippen LogP contribution in [0.2, 0.25) is 0 Å². The predicted molar refractivity (Wildman–Crippen MR) is 44.9 cm³/mol. The molecule has 1 saturated carbocycles. The first kappa shape index (κ1) is 7.53. The Balaban J connectivity index is 2.15. The largest absolute Gasteiger partial charge is 0.300 e. The van der Waals surface area contributed by atoms with E-state index in [0.29, 0.717) is 18.2 Å². The molecule has 0 saturated heterocycles. The maximum absolute atomic E-state index is 11.0. The number of carbonyl (C=O) groups excluding carboxylic acids is 1. The second-order valence-electron chi connectivity index (χ2n) is 3.43. The summed E-state index contributed by atoms with van der Waals surface area (Å²) in [5.74, 6) is 0.369. The molecule has 2 rings (SSSR count). The van der Waals surface area contributed by atoms with Gasteiger partial charge >= 0.3 is 0 Å². The van der Waals surface area contributed by atoms with Crippen LogP contribution in [-0.4, -0.2) is 15.6 Å². The van der Waals surface area contributed by atoms with Gasteiger partial charge in [0.2, 0.25) is 0 Å². The van der Waals surface area contributed by atoms with Crippen LogP contribution in [0.25, 0.3) is 0 Å². The van der Waals surface area contributed by atoms with Crippen LogP contribution in [0.5, 0.6) is 0 Å². The zero-order chi connectivity index (χ0) is 8.55. The first-order valence-corrected chi connectivity index (χ1v) is 4.28. The Labute approximate surface area is 71.4 Å². The SMILES string of the molecule is Cc1cnn(C2CCC(=O)C2)c1. The van der Waals surface area contributed by atoms with Gasteiger partial charge in [-0.05, 0) is 18.9 Å². The summed E-state index contributed by atoms with van der Waals surface area (Å²) in [6.45, 7) is 2.01.